The standard InChI is InChI=1S/C23H48O40S10.Na.H/c1-2-3-4-5-6-7-8-9-10-11-12-13-14-15-16-17-18-19(54-64(24,25)26)20(55-65(27,28)29,56-66(30,31)32)21(57-67(33,34)35,58-68(36,37)38)22(59-69(39,40)41,60-70(42,43)44)23(61-71(45,46)47,62-72(48,49)50)63-73(51,52)53;;/h19H,2-18H2,1H3,(H,24,25,26)(H,27,28,29)(H,30,31,32)(H,33,34,35)(H,36,37,38)(H,39,40,41)(H,42,43,44)(H,45,46,47)(H,48,49,50)(H,51,52,53);;/q;+1;-1. The van der Waals surface area contributed by atoms with Crippen molar-refractivity contribution < 1.29 is 203 Å². The van der Waals surface area contributed by atoms with Gasteiger partial charge in [-0.2, -0.15) is 113 Å². The van der Waals surface area contributed by atoms with Gasteiger partial charge in [-0.3, -0.25) is 45.5 Å². The van der Waals surface area contributed by atoms with Crippen molar-refractivity contribution in [3.05, 3.63) is 0 Å². The molecule has 0 aromatic carbocycles. The topological polar surface area (TPSA) is 636 Å². The second kappa shape index (κ2) is 28.9. The average molecular weight is 1310 g/mol. The van der Waals surface area contributed by atoms with Crippen LogP contribution in [0, 0.1) is 0 Å². The van der Waals surface area contributed by atoms with Gasteiger partial charge in [0, 0.05) is 0 Å². The zero-order valence-electron chi connectivity index (χ0n) is 38.4. The van der Waals surface area contributed by atoms with Crippen LogP contribution in [0.2, 0.25) is 0 Å². The van der Waals surface area contributed by atoms with Crippen molar-refractivity contribution in [3.8, 4) is 0 Å². The van der Waals surface area contributed by atoms with Crippen molar-refractivity contribution in [1.29, 1.82) is 0 Å². The van der Waals surface area contributed by atoms with Gasteiger partial charge in [-0.05, 0) is 6.42 Å². The fraction of sp³-hybridized carbons (Fsp3) is 1.00. The summed E-state index contributed by atoms with van der Waals surface area (Å²) in [6.07, 6.45) is 1.11. The van der Waals surface area contributed by atoms with Crippen LogP contribution < -0.4 is 29.6 Å². The molecule has 10 N–H and O–H groups in total. The first-order chi connectivity index (χ1) is 32.3. The van der Waals surface area contributed by atoms with E-state index in [9.17, 15) is 130 Å². The van der Waals surface area contributed by atoms with Crippen molar-refractivity contribution in [2.45, 2.75) is 146 Å². The molecule has 0 aromatic heterocycles. The molecular weight excluding hydrogens is 1260 g/mol. The van der Waals surface area contributed by atoms with E-state index in [0.29, 0.717) is 19.3 Å². The van der Waals surface area contributed by atoms with Crippen molar-refractivity contribution >= 4 is 104 Å². The number of hydrogen-bond acceptors (Lipinski definition) is 30. The second-order valence-corrected chi connectivity index (χ2v) is 24.4. The SMILES string of the molecule is CCCCCCCCCCCCCCCCCCC(OS(=O)(=O)O)C(OS(=O)(=O)O)(OS(=O)(=O)O)C(OS(=O)(=O)O)(OS(=O)(=O)O)C(OS(=O)(=O)O)(OS(=O)(=O)O)C(OS(=O)(=O)O)(OS(=O)(=O)O)OS(=O)(=O)O.[H-].[Na+]. The number of unbranched alkanes of at least 4 members (excludes halogenated alkanes) is 15. The Morgan fingerprint density at radius 3 is 0.743 bits per heavy atom. The molecule has 0 aliphatic carbocycles. The zero-order chi connectivity index (χ0) is 57.7. The first kappa shape index (κ1) is 75.8. The maximum absolute atomic E-state index is 12.8. The molecule has 0 rings (SSSR count). The first-order valence-electron chi connectivity index (χ1n) is 19.1. The van der Waals surface area contributed by atoms with Crippen molar-refractivity contribution in [1.82, 2.24) is 0 Å². The van der Waals surface area contributed by atoms with Gasteiger partial charge in [-0.15, -0.1) is 0 Å². The van der Waals surface area contributed by atoms with Crippen LogP contribution in [0.1, 0.15) is 118 Å². The van der Waals surface area contributed by atoms with Crippen molar-refractivity contribution in [3.63, 3.8) is 0 Å². The molecule has 0 saturated heterocycles. The Morgan fingerprint density at radius 1 is 0.311 bits per heavy atom. The average Bonchev–Trinajstić information content (AvgIpc) is 3.06. The molecule has 0 aromatic rings. The molecule has 1 atom stereocenters. The summed E-state index contributed by atoms with van der Waals surface area (Å²) in [5, 5.41) is 0. The smallest absolute Gasteiger partial charge is 1.00 e. The Hall–Kier alpha value is -0.300. The summed E-state index contributed by atoms with van der Waals surface area (Å²) in [4.78, 5) is 0. The van der Waals surface area contributed by atoms with E-state index < -0.39 is 153 Å². The monoisotopic (exact) mass is 1310 g/mol. The fourth-order valence-electron chi connectivity index (χ4n) is 6.19. The maximum Gasteiger partial charge on any atom is 1.00 e. The Morgan fingerprint density at radius 2 is 0.527 bits per heavy atom. The summed E-state index contributed by atoms with van der Waals surface area (Å²) in [6, 6.07) is 0. The normalized spacial score (nSPS) is 15.2. The quantitative estimate of drug-likeness (QED) is 0.0121. The Balaban J connectivity index is -0.0000259. The summed E-state index contributed by atoms with van der Waals surface area (Å²) < 4.78 is 383. The maximum atomic E-state index is 12.8. The van der Waals surface area contributed by atoms with Crippen LogP contribution in [0.4, 0.5) is 0 Å². The minimum atomic E-state index is -8.08. The summed E-state index contributed by atoms with van der Waals surface area (Å²) in [7, 11) is -78.2. The van der Waals surface area contributed by atoms with Crippen LogP contribution in [-0.2, 0) is 146 Å². The van der Waals surface area contributed by atoms with Gasteiger partial charge in [0.1, 0.15) is 6.10 Å². The summed E-state index contributed by atoms with van der Waals surface area (Å²) in [5.74, 6) is -30.0. The molecule has 0 bridgehead atoms. The largest absolute Gasteiger partial charge is 1.00 e. The van der Waals surface area contributed by atoms with Crippen LogP contribution in [0.5, 0.6) is 0 Å². The van der Waals surface area contributed by atoms with Gasteiger partial charge >= 0.3 is 151 Å². The molecule has 0 fully saturated rings. The molecule has 0 saturated carbocycles. The van der Waals surface area contributed by atoms with E-state index in [1.54, 1.807) is 0 Å². The molecular formula is C23H49NaO40S10. The molecule has 442 valence electrons. The van der Waals surface area contributed by atoms with E-state index in [2.05, 4.69) is 48.8 Å². The Kier molecular flexibility index (Phi) is 29.6. The molecule has 0 aliphatic heterocycles. The number of hydrogen-bond donors (Lipinski definition) is 10. The first-order valence-corrected chi connectivity index (χ1v) is 32.7. The molecule has 51 heteroatoms. The van der Waals surface area contributed by atoms with Crippen LogP contribution in [0.25, 0.3) is 0 Å². The Labute approximate surface area is 448 Å². The molecule has 0 heterocycles. The molecule has 74 heavy (non-hydrogen) atoms. The molecule has 0 spiro atoms. The third-order valence-electron chi connectivity index (χ3n) is 8.27. The van der Waals surface area contributed by atoms with E-state index in [-0.39, 0.29) is 43.8 Å². The van der Waals surface area contributed by atoms with Gasteiger partial charge in [-0.1, -0.05) is 110 Å². The van der Waals surface area contributed by atoms with E-state index in [0.717, 1.165) is 57.8 Å². The van der Waals surface area contributed by atoms with E-state index in [1.807, 2.05) is 0 Å². The third-order valence-corrected chi connectivity index (χ3v) is 12.7. The van der Waals surface area contributed by atoms with Crippen molar-refractivity contribution in [2.24, 2.45) is 0 Å². The summed E-state index contributed by atoms with van der Waals surface area (Å²) >= 11 is 0. The molecule has 0 aliphatic rings. The van der Waals surface area contributed by atoms with E-state index in [4.69, 9.17) is 0 Å². The Bertz CT molecular complexity index is 2790. The molecule has 40 nitrogen and oxygen atoms in total. The van der Waals surface area contributed by atoms with Gasteiger partial charge < -0.3 is 1.43 Å². The van der Waals surface area contributed by atoms with Crippen LogP contribution >= 0.6 is 0 Å². The minimum Gasteiger partial charge on any atom is -1.00 e. The van der Waals surface area contributed by atoms with Gasteiger partial charge in [0.2, 0.25) is 0 Å². The van der Waals surface area contributed by atoms with E-state index >= 15 is 0 Å². The van der Waals surface area contributed by atoms with Crippen LogP contribution in [0.3, 0.4) is 0 Å². The summed E-state index contributed by atoms with van der Waals surface area (Å²) in [5.41, 5.74) is 0. The van der Waals surface area contributed by atoms with Gasteiger partial charge in [0.25, 0.3) is 5.79 Å². The molecule has 1 unspecified atom stereocenters. The van der Waals surface area contributed by atoms with Crippen molar-refractivity contribution in [2.75, 3.05) is 0 Å². The predicted molar refractivity (Wildman–Crippen MR) is 226 cm³/mol. The van der Waals surface area contributed by atoms with Gasteiger partial charge in [-0.25, -0.2) is 12.5 Å². The summed E-state index contributed by atoms with van der Waals surface area (Å²) in [6.45, 7) is 2.06. The second-order valence-electron chi connectivity index (χ2n) is 14.2. The zero-order valence-corrected chi connectivity index (χ0v) is 47.6. The fourth-order valence-corrected chi connectivity index (χ4v) is 11.7. The minimum absolute atomic E-state index is 0. The third kappa shape index (κ3) is 29.8. The van der Waals surface area contributed by atoms with E-state index in [1.165, 1.54) is 0 Å². The number of rotatable bonds is 41. The van der Waals surface area contributed by atoms with Crippen LogP contribution in [0.15, 0.2) is 0 Å². The molecule has 0 amide bonds. The van der Waals surface area contributed by atoms with Gasteiger partial charge in [0.05, 0.1) is 0 Å². The van der Waals surface area contributed by atoms with Crippen LogP contribution in [-0.4, -0.2) is 159 Å². The molecule has 0 radical (unpaired) electrons. The van der Waals surface area contributed by atoms with Gasteiger partial charge in [0.15, 0.2) is 0 Å². The predicted octanol–water partition coefficient (Wildman–Crippen LogP) is -3.94.